The number of nitrogens with one attached hydrogen (secondary N) is 1. The highest BCUT2D eigenvalue weighted by atomic mass is 19.1. The van der Waals surface area contributed by atoms with E-state index in [2.05, 4.69) is 11.4 Å². The molecule has 1 aliphatic heterocycles. The summed E-state index contributed by atoms with van der Waals surface area (Å²) in [4.78, 5) is 25.6. The average Bonchev–Trinajstić information content (AvgIpc) is 2.71. The van der Waals surface area contributed by atoms with Gasteiger partial charge in [-0.25, -0.2) is 9.18 Å². The highest BCUT2D eigenvalue weighted by Crippen LogP contribution is 2.23. The van der Waals surface area contributed by atoms with Crippen LogP contribution in [0.5, 0.6) is 0 Å². The SMILES string of the molecule is COC(=O)N1CCc2ccc(C(C)NC(=O)/C=C/c3ccc(F)cc3)cc2C1. The Hall–Kier alpha value is -3.15. The number of rotatable bonds is 4. The van der Waals surface area contributed by atoms with E-state index in [1.54, 1.807) is 23.1 Å². The zero-order valence-corrected chi connectivity index (χ0v) is 15.9. The second-order valence-electron chi connectivity index (χ2n) is 6.78. The monoisotopic (exact) mass is 382 g/mol. The molecule has 2 aromatic carbocycles. The van der Waals surface area contributed by atoms with Gasteiger partial charge in [0.25, 0.3) is 0 Å². The minimum absolute atomic E-state index is 0.191. The average molecular weight is 382 g/mol. The molecular formula is C22H23FN2O3. The quantitative estimate of drug-likeness (QED) is 0.818. The number of carbonyl (C=O) groups is 2. The highest BCUT2D eigenvalue weighted by molar-refractivity contribution is 5.91. The second-order valence-corrected chi connectivity index (χ2v) is 6.78. The maximum absolute atomic E-state index is 12.9. The lowest BCUT2D eigenvalue weighted by Gasteiger charge is -2.28. The van der Waals surface area contributed by atoms with E-state index in [9.17, 15) is 14.0 Å². The fourth-order valence-electron chi connectivity index (χ4n) is 3.22. The predicted octanol–water partition coefficient (Wildman–Crippen LogP) is 3.84. The summed E-state index contributed by atoms with van der Waals surface area (Å²) in [7, 11) is 1.38. The smallest absolute Gasteiger partial charge is 0.409 e. The van der Waals surface area contributed by atoms with Gasteiger partial charge in [0.05, 0.1) is 13.2 Å². The van der Waals surface area contributed by atoms with Crippen LogP contribution < -0.4 is 5.32 Å². The Morgan fingerprint density at radius 2 is 1.93 bits per heavy atom. The number of amides is 2. The van der Waals surface area contributed by atoms with E-state index in [0.717, 1.165) is 23.1 Å². The molecule has 0 spiro atoms. The van der Waals surface area contributed by atoms with Crippen molar-refractivity contribution in [2.24, 2.45) is 0 Å². The molecule has 5 nitrogen and oxygen atoms in total. The van der Waals surface area contributed by atoms with Crippen molar-refractivity contribution in [2.45, 2.75) is 25.9 Å². The minimum atomic E-state index is -0.330. The van der Waals surface area contributed by atoms with Crippen LogP contribution in [0, 0.1) is 5.82 Å². The standard InChI is InChI=1S/C22H23FN2O3/c1-15(24-21(26)10-5-16-3-8-20(23)9-4-16)18-7-6-17-11-12-25(22(27)28-2)14-19(17)13-18/h3-10,13,15H,11-12,14H2,1-2H3,(H,24,26)/b10-5+. The van der Waals surface area contributed by atoms with Crippen LogP contribution in [-0.4, -0.2) is 30.6 Å². The van der Waals surface area contributed by atoms with Gasteiger partial charge in [0.15, 0.2) is 0 Å². The molecule has 1 heterocycles. The third-order valence-electron chi connectivity index (χ3n) is 4.83. The number of benzene rings is 2. The molecule has 0 aliphatic carbocycles. The van der Waals surface area contributed by atoms with Gasteiger partial charge in [0, 0.05) is 19.2 Å². The molecule has 0 fully saturated rings. The minimum Gasteiger partial charge on any atom is -0.453 e. The van der Waals surface area contributed by atoms with Crippen molar-refractivity contribution < 1.29 is 18.7 Å². The molecule has 6 heteroatoms. The Bertz CT molecular complexity index is 893. The van der Waals surface area contributed by atoms with Gasteiger partial charge < -0.3 is 15.0 Å². The van der Waals surface area contributed by atoms with E-state index in [1.807, 2.05) is 19.1 Å². The molecule has 1 N–H and O–H groups in total. The molecule has 3 rings (SSSR count). The van der Waals surface area contributed by atoms with Crippen LogP contribution >= 0.6 is 0 Å². The zero-order chi connectivity index (χ0) is 20.1. The molecular weight excluding hydrogens is 359 g/mol. The molecule has 28 heavy (non-hydrogen) atoms. The summed E-state index contributed by atoms with van der Waals surface area (Å²) in [6, 6.07) is 11.8. The summed E-state index contributed by atoms with van der Waals surface area (Å²) in [5.41, 5.74) is 3.99. The molecule has 0 radical (unpaired) electrons. The molecule has 0 aromatic heterocycles. The molecule has 0 saturated carbocycles. The van der Waals surface area contributed by atoms with Crippen molar-refractivity contribution >= 4 is 18.1 Å². The van der Waals surface area contributed by atoms with Crippen LogP contribution in [0.2, 0.25) is 0 Å². The fourth-order valence-corrected chi connectivity index (χ4v) is 3.22. The Balaban J connectivity index is 1.64. The van der Waals surface area contributed by atoms with E-state index in [4.69, 9.17) is 4.74 Å². The van der Waals surface area contributed by atoms with Gasteiger partial charge in [-0.1, -0.05) is 30.3 Å². The number of ether oxygens (including phenoxy) is 1. The third kappa shape index (κ3) is 4.76. The van der Waals surface area contributed by atoms with Gasteiger partial charge in [-0.05, 0) is 53.8 Å². The maximum atomic E-state index is 12.9. The van der Waals surface area contributed by atoms with Crippen molar-refractivity contribution in [1.82, 2.24) is 10.2 Å². The summed E-state index contributed by atoms with van der Waals surface area (Å²) in [5.74, 6) is -0.542. The first-order valence-corrected chi connectivity index (χ1v) is 9.15. The number of hydrogen-bond acceptors (Lipinski definition) is 3. The maximum Gasteiger partial charge on any atom is 0.409 e. The van der Waals surface area contributed by atoms with Crippen molar-refractivity contribution in [1.29, 1.82) is 0 Å². The van der Waals surface area contributed by atoms with E-state index >= 15 is 0 Å². The van der Waals surface area contributed by atoms with Crippen LogP contribution in [0.4, 0.5) is 9.18 Å². The third-order valence-corrected chi connectivity index (χ3v) is 4.83. The molecule has 0 saturated heterocycles. The number of nitrogens with zero attached hydrogens (tertiary/aromatic N) is 1. The Morgan fingerprint density at radius 1 is 1.18 bits per heavy atom. The molecule has 1 unspecified atom stereocenters. The van der Waals surface area contributed by atoms with Crippen LogP contribution in [-0.2, 0) is 22.5 Å². The topological polar surface area (TPSA) is 58.6 Å². The van der Waals surface area contributed by atoms with Gasteiger partial charge in [0.2, 0.25) is 5.91 Å². The Morgan fingerprint density at radius 3 is 2.64 bits per heavy atom. The lowest BCUT2D eigenvalue weighted by Crippen LogP contribution is -2.36. The molecule has 1 atom stereocenters. The molecule has 146 valence electrons. The highest BCUT2D eigenvalue weighted by Gasteiger charge is 2.22. The van der Waals surface area contributed by atoms with Crippen molar-refractivity contribution in [3.8, 4) is 0 Å². The lowest BCUT2D eigenvalue weighted by molar-refractivity contribution is -0.117. The number of halogens is 1. The van der Waals surface area contributed by atoms with E-state index in [1.165, 1.54) is 30.9 Å². The van der Waals surface area contributed by atoms with Gasteiger partial charge in [-0.15, -0.1) is 0 Å². The molecule has 2 amide bonds. The number of methoxy groups -OCH3 is 1. The zero-order valence-electron chi connectivity index (χ0n) is 15.9. The van der Waals surface area contributed by atoms with Crippen LogP contribution in [0.25, 0.3) is 6.08 Å². The summed E-state index contributed by atoms with van der Waals surface area (Å²) in [6.45, 7) is 3.05. The summed E-state index contributed by atoms with van der Waals surface area (Å²) >= 11 is 0. The largest absolute Gasteiger partial charge is 0.453 e. The summed E-state index contributed by atoms with van der Waals surface area (Å²) in [5, 5.41) is 2.92. The predicted molar refractivity (Wildman–Crippen MR) is 105 cm³/mol. The van der Waals surface area contributed by atoms with Crippen LogP contribution in [0.1, 0.15) is 35.2 Å². The van der Waals surface area contributed by atoms with Crippen molar-refractivity contribution in [3.63, 3.8) is 0 Å². The number of carbonyl (C=O) groups excluding carboxylic acids is 2. The Kier molecular flexibility index (Phi) is 6.09. The van der Waals surface area contributed by atoms with Gasteiger partial charge in [0.1, 0.15) is 5.82 Å². The van der Waals surface area contributed by atoms with Gasteiger partial charge in [-0.3, -0.25) is 4.79 Å². The van der Waals surface area contributed by atoms with Crippen molar-refractivity contribution in [2.75, 3.05) is 13.7 Å². The lowest BCUT2D eigenvalue weighted by atomic mass is 9.95. The molecule has 0 bridgehead atoms. The first-order valence-electron chi connectivity index (χ1n) is 9.15. The second kappa shape index (κ2) is 8.69. The summed E-state index contributed by atoms with van der Waals surface area (Å²) < 4.78 is 17.7. The molecule has 2 aromatic rings. The van der Waals surface area contributed by atoms with Crippen LogP contribution in [0.15, 0.2) is 48.5 Å². The fraction of sp³-hybridized carbons (Fsp3) is 0.273. The van der Waals surface area contributed by atoms with Crippen molar-refractivity contribution in [3.05, 3.63) is 76.6 Å². The number of fused-ring (bicyclic) bond motifs is 1. The van der Waals surface area contributed by atoms with E-state index in [0.29, 0.717) is 13.1 Å². The van der Waals surface area contributed by atoms with Gasteiger partial charge >= 0.3 is 6.09 Å². The summed E-state index contributed by atoms with van der Waals surface area (Å²) in [6.07, 6.45) is 3.53. The normalized spacial score (nSPS) is 14.5. The Labute approximate surface area is 163 Å². The first kappa shape index (κ1) is 19.6. The van der Waals surface area contributed by atoms with E-state index in [-0.39, 0.29) is 23.9 Å². The van der Waals surface area contributed by atoms with E-state index < -0.39 is 0 Å². The first-order chi connectivity index (χ1) is 13.5. The number of hydrogen-bond donors (Lipinski definition) is 1. The van der Waals surface area contributed by atoms with Crippen LogP contribution in [0.3, 0.4) is 0 Å². The molecule has 1 aliphatic rings. The van der Waals surface area contributed by atoms with Gasteiger partial charge in [-0.2, -0.15) is 0 Å².